The van der Waals surface area contributed by atoms with Gasteiger partial charge in [-0.3, -0.25) is 9.59 Å². The van der Waals surface area contributed by atoms with Gasteiger partial charge in [-0.1, -0.05) is 29.8 Å². The molecule has 0 aliphatic carbocycles. The highest BCUT2D eigenvalue weighted by atomic mass is 16.5. The number of ether oxygens (including phenoxy) is 1. The van der Waals surface area contributed by atoms with Gasteiger partial charge in [-0.15, -0.1) is 0 Å². The van der Waals surface area contributed by atoms with Crippen molar-refractivity contribution in [3.8, 4) is 5.75 Å². The summed E-state index contributed by atoms with van der Waals surface area (Å²) in [6.07, 6.45) is 0. The van der Waals surface area contributed by atoms with E-state index in [0.717, 1.165) is 11.1 Å². The maximum Gasteiger partial charge on any atom is 0.260 e. The minimum Gasteiger partial charge on any atom is -0.484 e. The third-order valence-electron chi connectivity index (χ3n) is 4.57. The zero-order chi connectivity index (χ0) is 18.5. The summed E-state index contributed by atoms with van der Waals surface area (Å²) < 4.78 is 5.58. The fraction of sp³-hybridized carbons (Fsp3) is 0.333. The Bertz CT molecular complexity index is 778. The van der Waals surface area contributed by atoms with Crippen molar-refractivity contribution >= 4 is 11.8 Å². The van der Waals surface area contributed by atoms with Gasteiger partial charge in [-0.05, 0) is 43.7 Å². The SMILES string of the molecule is Cc1ccc(C(=O)N2CCN(C(=O)COc3cccc(C)c3)CC2)cc1. The average molecular weight is 352 g/mol. The summed E-state index contributed by atoms with van der Waals surface area (Å²) in [7, 11) is 0. The molecule has 5 nitrogen and oxygen atoms in total. The lowest BCUT2D eigenvalue weighted by molar-refractivity contribution is -0.134. The summed E-state index contributed by atoms with van der Waals surface area (Å²) in [6, 6.07) is 15.2. The molecule has 26 heavy (non-hydrogen) atoms. The molecule has 0 saturated carbocycles. The molecule has 0 radical (unpaired) electrons. The third kappa shape index (κ3) is 4.42. The van der Waals surface area contributed by atoms with E-state index >= 15 is 0 Å². The van der Waals surface area contributed by atoms with Crippen molar-refractivity contribution in [2.75, 3.05) is 32.8 Å². The zero-order valence-electron chi connectivity index (χ0n) is 15.3. The summed E-state index contributed by atoms with van der Waals surface area (Å²) >= 11 is 0. The molecule has 2 aromatic carbocycles. The normalized spacial score (nSPS) is 14.2. The van der Waals surface area contributed by atoms with E-state index < -0.39 is 0 Å². The Morgan fingerprint density at radius 2 is 1.54 bits per heavy atom. The second-order valence-corrected chi connectivity index (χ2v) is 6.64. The number of aryl methyl sites for hydroxylation is 2. The molecule has 1 aliphatic heterocycles. The first kappa shape index (κ1) is 18.0. The Morgan fingerprint density at radius 3 is 2.19 bits per heavy atom. The number of rotatable bonds is 4. The van der Waals surface area contributed by atoms with Crippen LogP contribution in [-0.4, -0.2) is 54.4 Å². The van der Waals surface area contributed by atoms with Crippen molar-refractivity contribution in [2.24, 2.45) is 0 Å². The van der Waals surface area contributed by atoms with E-state index in [-0.39, 0.29) is 18.4 Å². The van der Waals surface area contributed by atoms with E-state index in [2.05, 4.69) is 0 Å². The molecule has 0 unspecified atom stereocenters. The molecule has 0 spiro atoms. The third-order valence-corrected chi connectivity index (χ3v) is 4.57. The molecule has 0 aromatic heterocycles. The quantitative estimate of drug-likeness (QED) is 0.850. The van der Waals surface area contributed by atoms with Crippen LogP contribution in [0.15, 0.2) is 48.5 Å². The van der Waals surface area contributed by atoms with E-state index in [1.165, 1.54) is 0 Å². The van der Waals surface area contributed by atoms with E-state index in [1.807, 2.05) is 62.4 Å². The molecule has 2 amide bonds. The lowest BCUT2D eigenvalue weighted by Crippen LogP contribution is -2.51. The maximum absolute atomic E-state index is 12.5. The van der Waals surface area contributed by atoms with Crippen molar-refractivity contribution < 1.29 is 14.3 Å². The summed E-state index contributed by atoms with van der Waals surface area (Å²) in [6.45, 7) is 6.17. The van der Waals surface area contributed by atoms with E-state index in [4.69, 9.17) is 4.74 Å². The Labute approximate surface area is 154 Å². The number of nitrogens with zero attached hydrogens (tertiary/aromatic N) is 2. The molecule has 2 aromatic rings. The Hall–Kier alpha value is -2.82. The van der Waals surface area contributed by atoms with Gasteiger partial charge < -0.3 is 14.5 Å². The van der Waals surface area contributed by atoms with Gasteiger partial charge in [0.1, 0.15) is 5.75 Å². The maximum atomic E-state index is 12.5. The molecular weight excluding hydrogens is 328 g/mol. The van der Waals surface area contributed by atoms with E-state index in [1.54, 1.807) is 9.80 Å². The smallest absolute Gasteiger partial charge is 0.260 e. The van der Waals surface area contributed by atoms with Crippen LogP contribution >= 0.6 is 0 Å². The topological polar surface area (TPSA) is 49.9 Å². The van der Waals surface area contributed by atoms with Crippen LogP contribution in [0.25, 0.3) is 0 Å². The molecule has 5 heteroatoms. The molecule has 3 rings (SSSR count). The van der Waals surface area contributed by atoms with Crippen molar-refractivity contribution in [3.05, 3.63) is 65.2 Å². The van der Waals surface area contributed by atoms with Crippen LogP contribution in [0.5, 0.6) is 5.75 Å². The number of hydrogen-bond donors (Lipinski definition) is 0. The largest absolute Gasteiger partial charge is 0.484 e. The van der Waals surface area contributed by atoms with Gasteiger partial charge in [0.05, 0.1) is 0 Å². The van der Waals surface area contributed by atoms with E-state index in [0.29, 0.717) is 37.5 Å². The molecule has 1 heterocycles. The van der Waals surface area contributed by atoms with Gasteiger partial charge in [-0.2, -0.15) is 0 Å². The van der Waals surface area contributed by atoms with Crippen molar-refractivity contribution in [3.63, 3.8) is 0 Å². The molecule has 1 saturated heterocycles. The van der Waals surface area contributed by atoms with Crippen LogP contribution in [-0.2, 0) is 4.79 Å². The van der Waals surface area contributed by atoms with Gasteiger partial charge >= 0.3 is 0 Å². The van der Waals surface area contributed by atoms with Gasteiger partial charge in [-0.25, -0.2) is 0 Å². The van der Waals surface area contributed by atoms with Gasteiger partial charge in [0.15, 0.2) is 6.61 Å². The Kier molecular flexibility index (Phi) is 5.56. The number of benzene rings is 2. The van der Waals surface area contributed by atoms with Crippen molar-refractivity contribution in [2.45, 2.75) is 13.8 Å². The minimum absolute atomic E-state index is 0.0214. The summed E-state index contributed by atoms with van der Waals surface area (Å²) in [5.74, 6) is 0.675. The Balaban J connectivity index is 1.49. The van der Waals surface area contributed by atoms with Crippen LogP contribution in [0.4, 0.5) is 0 Å². The summed E-state index contributed by atoms with van der Waals surface area (Å²) in [4.78, 5) is 28.4. The minimum atomic E-state index is -0.0473. The lowest BCUT2D eigenvalue weighted by Gasteiger charge is -2.34. The van der Waals surface area contributed by atoms with Crippen LogP contribution in [0.1, 0.15) is 21.5 Å². The fourth-order valence-corrected chi connectivity index (χ4v) is 2.98. The predicted octanol–water partition coefficient (Wildman–Crippen LogP) is 2.67. The lowest BCUT2D eigenvalue weighted by atomic mass is 10.1. The fourth-order valence-electron chi connectivity index (χ4n) is 2.98. The second-order valence-electron chi connectivity index (χ2n) is 6.64. The predicted molar refractivity (Wildman–Crippen MR) is 100 cm³/mol. The van der Waals surface area contributed by atoms with Crippen LogP contribution in [0, 0.1) is 13.8 Å². The monoisotopic (exact) mass is 352 g/mol. The van der Waals surface area contributed by atoms with E-state index in [9.17, 15) is 9.59 Å². The molecule has 1 fully saturated rings. The molecular formula is C21H24N2O3. The first-order chi connectivity index (χ1) is 12.5. The number of carbonyl (C=O) groups excluding carboxylic acids is 2. The molecule has 1 aliphatic rings. The van der Waals surface area contributed by atoms with Crippen LogP contribution < -0.4 is 4.74 Å². The number of amides is 2. The zero-order valence-corrected chi connectivity index (χ0v) is 15.3. The summed E-state index contributed by atoms with van der Waals surface area (Å²) in [5.41, 5.74) is 2.92. The number of carbonyl (C=O) groups is 2. The molecule has 0 atom stereocenters. The second kappa shape index (κ2) is 8.04. The first-order valence-electron chi connectivity index (χ1n) is 8.86. The molecule has 0 bridgehead atoms. The first-order valence-corrected chi connectivity index (χ1v) is 8.86. The number of piperazine rings is 1. The van der Waals surface area contributed by atoms with Crippen molar-refractivity contribution in [1.29, 1.82) is 0 Å². The standard InChI is InChI=1S/C21H24N2O3/c1-16-6-8-18(9-7-16)21(25)23-12-10-22(11-13-23)20(24)15-26-19-5-3-4-17(2)14-19/h3-9,14H,10-13,15H2,1-2H3. The molecule has 0 N–H and O–H groups in total. The van der Waals surface area contributed by atoms with Crippen LogP contribution in [0.2, 0.25) is 0 Å². The van der Waals surface area contributed by atoms with Crippen molar-refractivity contribution in [1.82, 2.24) is 9.80 Å². The Morgan fingerprint density at radius 1 is 0.885 bits per heavy atom. The van der Waals surface area contributed by atoms with Gasteiger partial charge in [0.25, 0.3) is 11.8 Å². The number of hydrogen-bond acceptors (Lipinski definition) is 3. The molecule has 136 valence electrons. The summed E-state index contributed by atoms with van der Waals surface area (Å²) in [5, 5.41) is 0. The highest BCUT2D eigenvalue weighted by Gasteiger charge is 2.25. The van der Waals surface area contributed by atoms with Gasteiger partial charge in [0, 0.05) is 31.7 Å². The van der Waals surface area contributed by atoms with Crippen LogP contribution in [0.3, 0.4) is 0 Å². The highest BCUT2D eigenvalue weighted by molar-refractivity contribution is 5.94. The highest BCUT2D eigenvalue weighted by Crippen LogP contribution is 2.13. The van der Waals surface area contributed by atoms with Gasteiger partial charge in [0.2, 0.25) is 0 Å². The average Bonchev–Trinajstić information content (AvgIpc) is 2.66.